The minimum Gasteiger partial charge on any atom is -0.323 e. The summed E-state index contributed by atoms with van der Waals surface area (Å²) in [4.78, 5) is 7.89. The van der Waals surface area contributed by atoms with Crippen LogP contribution in [0.1, 0.15) is 83.5 Å². The van der Waals surface area contributed by atoms with Crippen molar-refractivity contribution in [2.45, 2.75) is 83.2 Å². The Morgan fingerprint density at radius 2 is 1.77 bits per heavy atom. The van der Waals surface area contributed by atoms with Crippen molar-refractivity contribution in [3.8, 4) is 0 Å². The summed E-state index contributed by atoms with van der Waals surface area (Å²) in [6.45, 7) is 8.83. The molecule has 5 aliphatic rings. The molecule has 2 heterocycles. The third-order valence-electron chi connectivity index (χ3n) is 9.95. The lowest BCUT2D eigenvalue weighted by atomic mass is 9.45. The van der Waals surface area contributed by atoms with Gasteiger partial charge in [-0.25, -0.2) is 4.98 Å². The number of hydrogen-bond acceptors (Lipinski definition) is 3. The molecule has 1 aromatic carbocycles. The maximum Gasteiger partial charge on any atom is 0.130 e. The van der Waals surface area contributed by atoms with Crippen LogP contribution in [0.25, 0.3) is 11.0 Å². The summed E-state index contributed by atoms with van der Waals surface area (Å²) in [6.07, 6.45) is 11.5. The van der Waals surface area contributed by atoms with Gasteiger partial charge in [0.25, 0.3) is 0 Å². The summed E-state index contributed by atoms with van der Waals surface area (Å²) in [5, 5.41) is 0. The van der Waals surface area contributed by atoms with Crippen LogP contribution in [0.4, 0.5) is 0 Å². The maximum absolute atomic E-state index is 6.95. The van der Waals surface area contributed by atoms with Gasteiger partial charge in [-0.1, -0.05) is 38.8 Å². The molecule has 0 spiro atoms. The van der Waals surface area contributed by atoms with Gasteiger partial charge in [-0.15, -0.1) is 0 Å². The van der Waals surface area contributed by atoms with E-state index in [1.165, 1.54) is 75.9 Å². The Balaban J connectivity index is 1.20. The molecule has 2 N–H and O–H groups in total. The van der Waals surface area contributed by atoms with Crippen LogP contribution in [0, 0.1) is 23.2 Å². The molecule has 4 heteroatoms. The van der Waals surface area contributed by atoms with E-state index in [1.54, 1.807) is 0 Å². The Labute approximate surface area is 187 Å². The van der Waals surface area contributed by atoms with E-state index in [2.05, 4.69) is 47.6 Å². The highest BCUT2D eigenvalue weighted by Crippen LogP contribution is 2.61. The van der Waals surface area contributed by atoms with Crippen molar-refractivity contribution in [2.75, 3.05) is 19.6 Å². The number of nitrogens with two attached hydrogens (primary N) is 1. The number of fused-ring (bicyclic) bond motifs is 3. The third-order valence-corrected chi connectivity index (χ3v) is 9.95. The second-order valence-corrected chi connectivity index (χ2v) is 11.9. The number of likely N-dealkylation sites (tertiary alicyclic amines) is 1. The second-order valence-electron chi connectivity index (χ2n) is 11.9. The van der Waals surface area contributed by atoms with E-state index in [9.17, 15) is 0 Å². The van der Waals surface area contributed by atoms with Gasteiger partial charge in [-0.3, -0.25) is 0 Å². The zero-order chi connectivity index (χ0) is 21.2. The number of piperidine rings is 1. The molecule has 0 amide bonds. The van der Waals surface area contributed by atoms with Crippen LogP contribution < -0.4 is 5.73 Å². The zero-order valence-electron chi connectivity index (χ0n) is 19.5. The first-order valence-corrected chi connectivity index (χ1v) is 12.9. The third kappa shape index (κ3) is 3.20. The highest BCUT2D eigenvalue weighted by Gasteiger charge is 2.54. The molecule has 0 unspecified atom stereocenters. The van der Waals surface area contributed by atoms with Gasteiger partial charge in [-0.2, -0.15) is 0 Å². The summed E-state index contributed by atoms with van der Waals surface area (Å²) in [5.41, 5.74) is 9.74. The molecular weight excluding hydrogens is 380 g/mol. The van der Waals surface area contributed by atoms with Crippen molar-refractivity contribution in [2.24, 2.45) is 28.9 Å². The molecule has 7 rings (SSSR count). The van der Waals surface area contributed by atoms with Gasteiger partial charge in [-0.05, 0) is 80.2 Å². The number of benzene rings is 1. The maximum atomic E-state index is 6.95. The summed E-state index contributed by atoms with van der Waals surface area (Å²) in [6, 6.07) is 9.23. The smallest absolute Gasteiger partial charge is 0.130 e. The fraction of sp³-hybridized carbons (Fsp3) is 0.741. The second kappa shape index (κ2) is 7.31. The molecule has 1 aliphatic heterocycles. The van der Waals surface area contributed by atoms with Crippen molar-refractivity contribution in [3.05, 3.63) is 30.1 Å². The van der Waals surface area contributed by atoms with Crippen LogP contribution in [0.15, 0.2) is 24.3 Å². The number of rotatable bonds is 4. The standard InChI is InChI=1S/C27H40N4/c1-26(2)20-10-9-19(22(26)17-20)18-30-15-11-21(12-16-30)31-24-8-4-3-7-23(24)29-25(31)27(28)13-5-6-14-27/h3-4,7-8,19-22H,5-6,9-18,28H2,1-2H3/t19-,20-,22-/m0/s1. The first-order valence-electron chi connectivity index (χ1n) is 12.9. The fourth-order valence-corrected chi connectivity index (χ4v) is 7.87. The molecule has 1 aromatic heterocycles. The van der Waals surface area contributed by atoms with Gasteiger partial charge >= 0.3 is 0 Å². The summed E-state index contributed by atoms with van der Waals surface area (Å²) >= 11 is 0. The van der Waals surface area contributed by atoms with E-state index in [0.717, 1.165) is 36.1 Å². The molecule has 4 saturated carbocycles. The fourth-order valence-electron chi connectivity index (χ4n) is 7.87. The number of aromatic nitrogens is 2. The van der Waals surface area contributed by atoms with Crippen molar-refractivity contribution in [1.82, 2.24) is 14.5 Å². The van der Waals surface area contributed by atoms with Gasteiger partial charge < -0.3 is 15.2 Å². The Morgan fingerprint density at radius 3 is 2.48 bits per heavy atom. The first kappa shape index (κ1) is 20.2. The summed E-state index contributed by atoms with van der Waals surface area (Å²) in [7, 11) is 0. The highest BCUT2D eigenvalue weighted by molar-refractivity contribution is 5.76. The monoisotopic (exact) mass is 420 g/mol. The predicted molar refractivity (Wildman–Crippen MR) is 127 cm³/mol. The van der Waals surface area contributed by atoms with Gasteiger partial charge in [0.15, 0.2) is 0 Å². The molecule has 5 fully saturated rings. The SMILES string of the molecule is CC1(C)[C@H]2CC[C@@H](CN3CCC(n4c(C5(N)CCCC5)nc5ccccc54)CC3)[C@@H]1C2. The lowest BCUT2D eigenvalue weighted by Gasteiger charge is -2.61. The van der Waals surface area contributed by atoms with Crippen LogP contribution in [0.3, 0.4) is 0 Å². The quantitative estimate of drug-likeness (QED) is 0.713. The minimum absolute atomic E-state index is 0.232. The van der Waals surface area contributed by atoms with Crippen molar-refractivity contribution in [3.63, 3.8) is 0 Å². The Kier molecular flexibility index (Phi) is 4.77. The number of para-hydroxylation sites is 2. The Morgan fingerprint density at radius 1 is 1.03 bits per heavy atom. The molecule has 2 bridgehead atoms. The van der Waals surface area contributed by atoms with E-state index in [4.69, 9.17) is 10.7 Å². The van der Waals surface area contributed by atoms with Crippen molar-refractivity contribution >= 4 is 11.0 Å². The molecule has 1 saturated heterocycles. The molecule has 168 valence electrons. The topological polar surface area (TPSA) is 47.1 Å². The molecular formula is C27H40N4. The zero-order valence-corrected chi connectivity index (χ0v) is 19.5. The van der Waals surface area contributed by atoms with Crippen LogP contribution in [0.2, 0.25) is 0 Å². The van der Waals surface area contributed by atoms with Gasteiger partial charge in [0.1, 0.15) is 5.82 Å². The van der Waals surface area contributed by atoms with E-state index in [-0.39, 0.29) is 5.54 Å². The average molecular weight is 421 g/mol. The van der Waals surface area contributed by atoms with Crippen LogP contribution in [0.5, 0.6) is 0 Å². The van der Waals surface area contributed by atoms with Crippen molar-refractivity contribution in [1.29, 1.82) is 0 Å². The average Bonchev–Trinajstić information content (AvgIpc) is 3.39. The number of hydrogen-bond donors (Lipinski definition) is 1. The number of nitrogens with zero attached hydrogens (tertiary/aromatic N) is 3. The van der Waals surface area contributed by atoms with Gasteiger partial charge in [0.05, 0.1) is 16.6 Å². The Bertz CT molecular complexity index is 943. The molecule has 0 radical (unpaired) electrons. The Hall–Kier alpha value is -1.39. The predicted octanol–water partition coefficient (Wildman–Crippen LogP) is 5.47. The first-order chi connectivity index (χ1) is 15.0. The molecule has 4 nitrogen and oxygen atoms in total. The van der Waals surface area contributed by atoms with Gasteiger partial charge in [0.2, 0.25) is 0 Å². The van der Waals surface area contributed by atoms with Crippen LogP contribution >= 0.6 is 0 Å². The molecule has 3 atom stereocenters. The highest BCUT2D eigenvalue weighted by atomic mass is 15.2. The number of imidazole rings is 1. The summed E-state index contributed by atoms with van der Waals surface area (Å²) < 4.78 is 2.57. The molecule has 31 heavy (non-hydrogen) atoms. The van der Waals surface area contributed by atoms with Crippen LogP contribution in [-0.4, -0.2) is 34.1 Å². The van der Waals surface area contributed by atoms with Crippen molar-refractivity contribution < 1.29 is 0 Å². The largest absolute Gasteiger partial charge is 0.323 e. The minimum atomic E-state index is -0.232. The van der Waals surface area contributed by atoms with E-state index < -0.39 is 0 Å². The van der Waals surface area contributed by atoms with E-state index in [0.29, 0.717) is 11.5 Å². The molecule has 2 aromatic rings. The lowest BCUT2D eigenvalue weighted by Crippen LogP contribution is -2.55. The summed E-state index contributed by atoms with van der Waals surface area (Å²) in [5.74, 6) is 4.06. The molecule has 4 aliphatic carbocycles. The lowest BCUT2D eigenvalue weighted by molar-refractivity contribution is -0.112. The van der Waals surface area contributed by atoms with Crippen LogP contribution in [-0.2, 0) is 5.54 Å². The van der Waals surface area contributed by atoms with Gasteiger partial charge in [0, 0.05) is 25.7 Å². The van der Waals surface area contributed by atoms with E-state index in [1.807, 2.05) is 0 Å². The normalized spacial score (nSPS) is 32.9. The van der Waals surface area contributed by atoms with E-state index >= 15 is 0 Å².